The monoisotopic (exact) mass is 160 g/mol. The Kier molecular flexibility index (Phi) is 2.12. The molecule has 1 heteroatoms. The second-order valence-corrected chi connectivity index (χ2v) is 2.98. The largest absolute Gasteiger partial charge is 0.494 e. The van der Waals surface area contributed by atoms with Crippen molar-refractivity contribution >= 4 is 0 Å². The summed E-state index contributed by atoms with van der Waals surface area (Å²) >= 11 is 0. The number of allylic oxidation sites excluding steroid dienone is 1. The van der Waals surface area contributed by atoms with Gasteiger partial charge in [0.05, 0.1) is 6.26 Å². The Hall–Kier alpha value is -1.24. The van der Waals surface area contributed by atoms with Crippen LogP contribution in [0.2, 0.25) is 0 Å². The SMILES string of the molecule is C1=CO[C@H](c2ccccc2)CC1. The molecule has 62 valence electrons. The minimum atomic E-state index is 0.274. The molecule has 1 aliphatic heterocycles. The van der Waals surface area contributed by atoms with Crippen LogP contribution in [0.5, 0.6) is 0 Å². The summed E-state index contributed by atoms with van der Waals surface area (Å²) in [6.45, 7) is 0. The molecule has 0 spiro atoms. The molecule has 0 N–H and O–H groups in total. The van der Waals surface area contributed by atoms with Gasteiger partial charge in [-0.15, -0.1) is 0 Å². The van der Waals surface area contributed by atoms with Crippen LogP contribution >= 0.6 is 0 Å². The van der Waals surface area contributed by atoms with Crippen molar-refractivity contribution in [1.82, 2.24) is 0 Å². The average Bonchev–Trinajstić information content (AvgIpc) is 2.21. The van der Waals surface area contributed by atoms with Gasteiger partial charge in [-0.3, -0.25) is 0 Å². The van der Waals surface area contributed by atoms with E-state index in [1.54, 1.807) is 6.26 Å². The third kappa shape index (κ3) is 1.50. The lowest BCUT2D eigenvalue weighted by molar-refractivity contribution is 0.125. The van der Waals surface area contributed by atoms with Crippen LogP contribution in [0.3, 0.4) is 0 Å². The van der Waals surface area contributed by atoms with E-state index in [-0.39, 0.29) is 6.10 Å². The van der Waals surface area contributed by atoms with Crippen molar-refractivity contribution in [1.29, 1.82) is 0 Å². The van der Waals surface area contributed by atoms with E-state index >= 15 is 0 Å². The molecule has 12 heavy (non-hydrogen) atoms. The van der Waals surface area contributed by atoms with Gasteiger partial charge in [0.2, 0.25) is 0 Å². The van der Waals surface area contributed by atoms with E-state index in [1.165, 1.54) is 5.56 Å². The van der Waals surface area contributed by atoms with Gasteiger partial charge in [-0.2, -0.15) is 0 Å². The van der Waals surface area contributed by atoms with Crippen LogP contribution in [0.1, 0.15) is 24.5 Å². The van der Waals surface area contributed by atoms with Crippen molar-refractivity contribution in [3.8, 4) is 0 Å². The summed E-state index contributed by atoms with van der Waals surface area (Å²) in [7, 11) is 0. The van der Waals surface area contributed by atoms with Gasteiger partial charge in [0.15, 0.2) is 0 Å². The summed E-state index contributed by atoms with van der Waals surface area (Å²) in [4.78, 5) is 0. The van der Waals surface area contributed by atoms with E-state index < -0.39 is 0 Å². The highest BCUT2D eigenvalue weighted by atomic mass is 16.5. The molecule has 2 rings (SSSR count). The Morgan fingerprint density at radius 1 is 1.17 bits per heavy atom. The van der Waals surface area contributed by atoms with Crippen LogP contribution < -0.4 is 0 Å². The predicted octanol–water partition coefficient (Wildman–Crippen LogP) is 3.05. The summed E-state index contributed by atoms with van der Waals surface area (Å²) in [5.74, 6) is 0. The molecule has 0 radical (unpaired) electrons. The second kappa shape index (κ2) is 3.44. The van der Waals surface area contributed by atoms with Crippen molar-refractivity contribution in [3.63, 3.8) is 0 Å². The van der Waals surface area contributed by atoms with Gasteiger partial charge < -0.3 is 4.74 Å². The summed E-state index contributed by atoms with van der Waals surface area (Å²) in [6.07, 6.45) is 6.37. The van der Waals surface area contributed by atoms with Crippen LogP contribution in [0.4, 0.5) is 0 Å². The average molecular weight is 160 g/mol. The molecular weight excluding hydrogens is 148 g/mol. The number of rotatable bonds is 1. The van der Waals surface area contributed by atoms with Crippen molar-refractivity contribution < 1.29 is 4.74 Å². The van der Waals surface area contributed by atoms with Gasteiger partial charge >= 0.3 is 0 Å². The van der Waals surface area contributed by atoms with Crippen LogP contribution in [-0.2, 0) is 4.74 Å². The van der Waals surface area contributed by atoms with Gasteiger partial charge in [-0.1, -0.05) is 30.3 Å². The third-order valence-electron chi connectivity index (χ3n) is 2.11. The summed E-state index contributed by atoms with van der Waals surface area (Å²) in [5.41, 5.74) is 1.28. The van der Waals surface area contributed by atoms with E-state index in [1.807, 2.05) is 6.07 Å². The van der Waals surface area contributed by atoms with Crippen LogP contribution in [-0.4, -0.2) is 0 Å². The maximum atomic E-state index is 5.48. The predicted molar refractivity (Wildman–Crippen MR) is 48.6 cm³/mol. The zero-order valence-electron chi connectivity index (χ0n) is 6.94. The zero-order valence-corrected chi connectivity index (χ0v) is 6.94. The minimum Gasteiger partial charge on any atom is -0.494 e. The smallest absolute Gasteiger partial charge is 0.123 e. The molecule has 0 aromatic heterocycles. The van der Waals surface area contributed by atoms with Gasteiger partial charge in [0, 0.05) is 0 Å². The van der Waals surface area contributed by atoms with Gasteiger partial charge in [0.25, 0.3) is 0 Å². The molecule has 0 saturated heterocycles. The second-order valence-electron chi connectivity index (χ2n) is 2.98. The first kappa shape index (κ1) is 7.41. The summed E-state index contributed by atoms with van der Waals surface area (Å²) in [5, 5.41) is 0. The maximum Gasteiger partial charge on any atom is 0.123 e. The minimum absolute atomic E-state index is 0.274. The highest BCUT2D eigenvalue weighted by Gasteiger charge is 2.11. The molecule has 1 nitrogen and oxygen atoms in total. The first-order chi connectivity index (χ1) is 5.97. The molecule has 0 bridgehead atoms. The molecule has 0 saturated carbocycles. The van der Waals surface area contributed by atoms with Gasteiger partial charge in [0.1, 0.15) is 6.10 Å². The van der Waals surface area contributed by atoms with E-state index in [2.05, 4.69) is 30.3 Å². The summed E-state index contributed by atoms with van der Waals surface area (Å²) in [6, 6.07) is 10.4. The molecule has 0 amide bonds. The van der Waals surface area contributed by atoms with Gasteiger partial charge in [-0.25, -0.2) is 0 Å². The Morgan fingerprint density at radius 2 is 2.00 bits per heavy atom. The standard InChI is InChI=1S/C11H12O/c1-2-6-10(7-3-1)11-8-4-5-9-12-11/h1-3,5-7,9,11H,4,8H2/t11-/m0/s1. The summed E-state index contributed by atoms with van der Waals surface area (Å²) < 4.78 is 5.48. The van der Waals surface area contributed by atoms with Crippen molar-refractivity contribution in [2.24, 2.45) is 0 Å². The fourth-order valence-corrected chi connectivity index (χ4v) is 1.45. The van der Waals surface area contributed by atoms with E-state index in [4.69, 9.17) is 4.74 Å². The molecular formula is C11H12O. The molecule has 0 aliphatic carbocycles. The Labute approximate surface area is 72.7 Å². The molecule has 1 heterocycles. The first-order valence-corrected chi connectivity index (χ1v) is 4.32. The Bertz CT molecular complexity index is 264. The first-order valence-electron chi connectivity index (χ1n) is 4.32. The quantitative estimate of drug-likeness (QED) is 0.613. The van der Waals surface area contributed by atoms with E-state index in [0.717, 1.165) is 12.8 Å². The Morgan fingerprint density at radius 3 is 2.67 bits per heavy atom. The van der Waals surface area contributed by atoms with Crippen LogP contribution in [0, 0.1) is 0 Å². The molecule has 1 atom stereocenters. The molecule has 1 aromatic carbocycles. The van der Waals surface area contributed by atoms with Crippen LogP contribution in [0.25, 0.3) is 0 Å². The lowest BCUT2D eigenvalue weighted by Gasteiger charge is -2.19. The lowest BCUT2D eigenvalue weighted by atomic mass is 10.0. The molecule has 1 aliphatic rings. The maximum absolute atomic E-state index is 5.48. The van der Waals surface area contributed by atoms with Crippen molar-refractivity contribution in [3.05, 3.63) is 48.2 Å². The molecule has 0 unspecified atom stereocenters. The highest BCUT2D eigenvalue weighted by Crippen LogP contribution is 2.25. The van der Waals surface area contributed by atoms with Crippen molar-refractivity contribution in [2.75, 3.05) is 0 Å². The van der Waals surface area contributed by atoms with Crippen molar-refractivity contribution in [2.45, 2.75) is 18.9 Å². The lowest BCUT2D eigenvalue weighted by Crippen LogP contribution is -2.02. The highest BCUT2D eigenvalue weighted by molar-refractivity contribution is 5.18. The number of hydrogen-bond acceptors (Lipinski definition) is 1. The molecule has 0 fully saturated rings. The zero-order chi connectivity index (χ0) is 8.23. The van der Waals surface area contributed by atoms with Crippen LogP contribution in [0.15, 0.2) is 42.7 Å². The number of hydrogen-bond donors (Lipinski definition) is 0. The fraction of sp³-hybridized carbons (Fsp3) is 0.273. The van der Waals surface area contributed by atoms with E-state index in [9.17, 15) is 0 Å². The van der Waals surface area contributed by atoms with E-state index in [0.29, 0.717) is 0 Å². The Balaban J connectivity index is 2.15. The fourth-order valence-electron chi connectivity index (χ4n) is 1.45. The number of benzene rings is 1. The number of ether oxygens (including phenoxy) is 1. The molecule has 1 aromatic rings. The normalized spacial score (nSPS) is 21.8. The van der Waals surface area contributed by atoms with Gasteiger partial charge in [-0.05, 0) is 24.5 Å². The topological polar surface area (TPSA) is 9.23 Å². The third-order valence-corrected chi connectivity index (χ3v) is 2.11.